The van der Waals surface area contributed by atoms with Crippen LogP contribution in [-0.2, 0) is 9.47 Å². The SMILES string of the molecule is COc1ccc(C(c2ccc(OC)cc2)/[N+]([O-])=C/[C@H]2COC(C)(C)O2)cc1. The first-order valence-electron chi connectivity index (χ1n) is 8.82. The van der Waals surface area contributed by atoms with Crippen molar-refractivity contribution in [1.82, 2.24) is 0 Å². The molecule has 0 N–H and O–H groups in total. The fourth-order valence-electron chi connectivity index (χ4n) is 3.10. The van der Waals surface area contributed by atoms with Gasteiger partial charge in [0.15, 0.2) is 18.1 Å². The van der Waals surface area contributed by atoms with E-state index >= 15 is 0 Å². The number of methoxy groups -OCH3 is 2. The highest BCUT2D eigenvalue weighted by atomic mass is 16.7. The Hall–Kier alpha value is -2.57. The Kier molecular flexibility index (Phi) is 5.68. The Morgan fingerprint density at radius 1 is 1.00 bits per heavy atom. The zero-order valence-corrected chi connectivity index (χ0v) is 16.0. The second-order valence-corrected chi connectivity index (χ2v) is 6.82. The summed E-state index contributed by atoms with van der Waals surface area (Å²) in [7, 11) is 3.23. The normalized spacial score (nSPS) is 19.3. The van der Waals surface area contributed by atoms with Gasteiger partial charge in [0.2, 0.25) is 6.04 Å². The summed E-state index contributed by atoms with van der Waals surface area (Å²) in [6, 6.07) is 14.4. The molecule has 0 radical (unpaired) electrons. The molecule has 144 valence electrons. The second-order valence-electron chi connectivity index (χ2n) is 6.82. The maximum Gasteiger partial charge on any atom is 0.213 e. The lowest BCUT2D eigenvalue weighted by Gasteiger charge is -2.20. The highest BCUT2D eigenvalue weighted by Crippen LogP contribution is 2.29. The van der Waals surface area contributed by atoms with Crippen molar-refractivity contribution >= 4 is 6.21 Å². The fourth-order valence-corrected chi connectivity index (χ4v) is 3.10. The van der Waals surface area contributed by atoms with E-state index in [1.807, 2.05) is 62.4 Å². The van der Waals surface area contributed by atoms with Crippen LogP contribution in [0.3, 0.4) is 0 Å². The van der Waals surface area contributed by atoms with Crippen molar-refractivity contribution in [3.05, 3.63) is 64.9 Å². The minimum atomic E-state index is -0.683. The van der Waals surface area contributed by atoms with Crippen LogP contribution in [0.5, 0.6) is 11.5 Å². The fraction of sp³-hybridized carbons (Fsp3) is 0.381. The number of hydrogen-bond donors (Lipinski definition) is 0. The summed E-state index contributed by atoms with van der Waals surface area (Å²) in [4.78, 5) is 0. The van der Waals surface area contributed by atoms with E-state index in [9.17, 15) is 5.21 Å². The smallest absolute Gasteiger partial charge is 0.213 e. The Bertz CT molecular complexity index is 736. The molecule has 0 bridgehead atoms. The van der Waals surface area contributed by atoms with Crippen LogP contribution in [-0.4, -0.2) is 43.7 Å². The van der Waals surface area contributed by atoms with Gasteiger partial charge in [-0.1, -0.05) is 0 Å². The van der Waals surface area contributed by atoms with Crippen LogP contribution in [0.2, 0.25) is 0 Å². The molecular weight excluding hydrogens is 346 g/mol. The third-order valence-corrected chi connectivity index (χ3v) is 4.46. The van der Waals surface area contributed by atoms with Gasteiger partial charge in [0, 0.05) is 11.1 Å². The molecule has 27 heavy (non-hydrogen) atoms. The van der Waals surface area contributed by atoms with Crippen LogP contribution in [0.4, 0.5) is 0 Å². The van der Waals surface area contributed by atoms with Crippen molar-refractivity contribution in [3.8, 4) is 11.5 Å². The highest BCUT2D eigenvalue weighted by molar-refractivity contribution is 5.59. The number of benzene rings is 2. The monoisotopic (exact) mass is 371 g/mol. The molecule has 0 aromatic heterocycles. The van der Waals surface area contributed by atoms with Crippen molar-refractivity contribution < 1.29 is 23.7 Å². The minimum Gasteiger partial charge on any atom is -0.623 e. The number of hydrogen-bond acceptors (Lipinski definition) is 5. The summed E-state index contributed by atoms with van der Waals surface area (Å²) in [5, 5.41) is 13.1. The molecule has 1 fully saturated rings. The van der Waals surface area contributed by atoms with E-state index in [0.29, 0.717) is 6.61 Å². The summed E-state index contributed by atoms with van der Waals surface area (Å²) in [5.74, 6) is 0.795. The molecule has 0 saturated carbocycles. The van der Waals surface area contributed by atoms with E-state index in [-0.39, 0.29) is 0 Å². The molecule has 6 nitrogen and oxygen atoms in total. The van der Waals surface area contributed by atoms with Crippen molar-refractivity contribution in [3.63, 3.8) is 0 Å². The van der Waals surface area contributed by atoms with E-state index < -0.39 is 17.9 Å². The van der Waals surface area contributed by atoms with E-state index in [1.165, 1.54) is 6.21 Å². The second kappa shape index (κ2) is 7.98. The molecule has 2 aromatic rings. The van der Waals surface area contributed by atoms with Gasteiger partial charge in [0.05, 0.1) is 20.8 Å². The topological polar surface area (TPSA) is 63.0 Å². The summed E-state index contributed by atoms with van der Waals surface area (Å²) in [6.45, 7) is 4.02. The molecule has 1 atom stereocenters. The predicted octanol–water partition coefficient (Wildman–Crippen LogP) is 3.53. The van der Waals surface area contributed by atoms with Gasteiger partial charge in [-0.15, -0.1) is 0 Å². The van der Waals surface area contributed by atoms with Crippen LogP contribution in [0.1, 0.15) is 31.0 Å². The average Bonchev–Trinajstić information content (AvgIpc) is 3.01. The lowest BCUT2D eigenvalue weighted by molar-refractivity contribution is -0.494. The van der Waals surface area contributed by atoms with Gasteiger partial charge in [-0.25, -0.2) is 4.74 Å². The third-order valence-electron chi connectivity index (χ3n) is 4.46. The van der Waals surface area contributed by atoms with Gasteiger partial charge in [-0.3, -0.25) is 0 Å². The van der Waals surface area contributed by atoms with Crippen LogP contribution in [0.25, 0.3) is 0 Å². The molecular formula is C21H25NO5. The van der Waals surface area contributed by atoms with Crippen LogP contribution in [0, 0.1) is 5.21 Å². The van der Waals surface area contributed by atoms with E-state index in [1.54, 1.807) is 14.2 Å². The van der Waals surface area contributed by atoms with Crippen LogP contribution >= 0.6 is 0 Å². The lowest BCUT2D eigenvalue weighted by atomic mass is 9.98. The van der Waals surface area contributed by atoms with Gasteiger partial charge in [-0.05, 0) is 62.4 Å². The Balaban J connectivity index is 1.95. The van der Waals surface area contributed by atoms with Gasteiger partial charge in [0.1, 0.15) is 11.5 Å². The number of ether oxygens (including phenoxy) is 4. The maximum absolute atomic E-state index is 13.1. The predicted molar refractivity (Wildman–Crippen MR) is 102 cm³/mol. The molecule has 1 saturated heterocycles. The zero-order valence-electron chi connectivity index (χ0n) is 16.0. The van der Waals surface area contributed by atoms with Gasteiger partial charge in [0.25, 0.3) is 0 Å². The summed E-state index contributed by atoms with van der Waals surface area (Å²) < 4.78 is 22.7. The van der Waals surface area contributed by atoms with Gasteiger partial charge < -0.3 is 24.2 Å². The largest absolute Gasteiger partial charge is 0.623 e. The third kappa shape index (κ3) is 4.59. The Morgan fingerprint density at radius 3 is 1.85 bits per heavy atom. The first-order chi connectivity index (χ1) is 12.9. The first kappa shape index (κ1) is 19.2. The summed E-state index contributed by atoms with van der Waals surface area (Å²) in [6.07, 6.45) is 1.14. The van der Waals surface area contributed by atoms with E-state index in [2.05, 4.69) is 0 Å². The molecule has 0 unspecified atom stereocenters. The average molecular weight is 371 g/mol. The van der Waals surface area contributed by atoms with E-state index in [0.717, 1.165) is 27.4 Å². The van der Waals surface area contributed by atoms with Crippen molar-refractivity contribution in [1.29, 1.82) is 0 Å². The van der Waals surface area contributed by atoms with E-state index in [4.69, 9.17) is 18.9 Å². The molecule has 3 rings (SSSR count). The van der Waals surface area contributed by atoms with Gasteiger partial charge in [-0.2, -0.15) is 0 Å². The number of hydroxylamine groups is 1. The first-order valence-corrected chi connectivity index (χ1v) is 8.82. The molecule has 1 heterocycles. The van der Waals surface area contributed by atoms with Crippen LogP contribution in [0.15, 0.2) is 48.5 Å². The van der Waals surface area contributed by atoms with Crippen molar-refractivity contribution in [2.75, 3.05) is 20.8 Å². The molecule has 1 aliphatic rings. The standard InChI is InChI=1S/C21H25NO5/c1-21(2)26-14-19(27-21)13-22(23)20(15-5-9-17(24-3)10-6-15)16-7-11-18(25-4)12-8-16/h5-13,19-20H,14H2,1-4H3/b22-13-/t19-/m0/s1. The zero-order chi connectivity index (χ0) is 19.4. The number of rotatable bonds is 6. The minimum absolute atomic E-state index is 0.351. The van der Waals surface area contributed by atoms with Crippen molar-refractivity contribution in [2.24, 2.45) is 0 Å². The maximum atomic E-state index is 13.1. The molecule has 0 spiro atoms. The van der Waals surface area contributed by atoms with Crippen LogP contribution < -0.4 is 9.47 Å². The molecule has 0 aliphatic carbocycles. The summed E-state index contributed by atoms with van der Waals surface area (Å²) >= 11 is 0. The lowest BCUT2D eigenvalue weighted by Crippen LogP contribution is -2.26. The van der Waals surface area contributed by atoms with Gasteiger partial charge >= 0.3 is 0 Å². The summed E-state index contributed by atoms with van der Waals surface area (Å²) in [5.41, 5.74) is 1.70. The quantitative estimate of drug-likeness (QED) is 0.336. The molecule has 1 aliphatic heterocycles. The molecule has 0 amide bonds. The number of nitrogens with zero attached hydrogens (tertiary/aromatic N) is 1. The highest BCUT2D eigenvalue weighted by Gasteiger charge is 2.34. The molecule has 6 heteroatoms. The Morgan fingerprint density at radius 2 is 1.48 bits per heavy atom. The Labute approximate surface area is 159 Å². The van der Waals surface area contributed by atoms with Crippen molar-refractivity contribution in [2.45, 2.75) is 31.8 Å². The molecule has 2 aromatic carbocycles.